The van der Waals surface area contributed by atoms with Crippen LogP contribution in [-0.4, -0.2) is 37.4 Å². The molecule has 1 unspecified atom stereocenters. The summed E-state index contributed by atoms with van der Waals surface area (Å²) in [5.74, 6) is 0.341. The van der Waals surface area contributed by atoms with Gasteiger partial charge in [-0.1, -0.05) is 24.3 Å². The Morgan fingerprint density at radius 2 is 1.68 bits per heavy atom. The fraction of sp³-hybridized carbons (Fsp3) is 0.350. The second-order valence-corrected chi connectivity index (χ2v) is 6.19. The predicted molar refractivity (Wildman–Crippen MR) is 96.8 cm³/mol. The number of aliphatic hydroxyl groups excluding tert-OH is 1. The maximum absolute atomic E-state index is 12.5. The Hall–Kier alpha value is -2.58. The number of carbonyl (C=O) groups is 1. The van der Waals surface area contributed by atoms with Gasteiger partial charge in [-0.15, -0.1) is 0 Å². The van der Waals surface area contributed by atoms with Gasteiger partial charge in [-0.05, 0) is 35.4 Å². The molecule has 0 heterocycles. The Balaban J connectivity index is 1.67. The zero-order valence-electron chi connectivity index (χ0n) is 15.3. The summed E-state index contributed by atoms with van der Waals surface area (Å²) in [5, 5.41) is 12.4. The lowest BCUT2D eigenvalue weighted by Crippen LogP contribution is -2.35. The van der Waals surface area contributed by atoms with Crippen LogP contribution in [-0.2, 0) is 28.7 Å². The van der Waals surface area contributed by atoms with E-state index < -0.39 is 23.8 Å². The van der Waals surface area contributed by atoms with E-state index in [1.165, 1.54) is 12.1 Å². The van der Waals surface area contributed by atoms with Crippen molar-refractivity contribution in [2.24, 2.45) is 0 Å². The number of alkyl halides is 3. The van der Waals surface area contributed by atoms with Crippen molar-refractivity contribution >= 4 is 5.91 Å². The van der Waals surface area contributed by atoms with Crippen LogP contribution in [0.2, 0.25) is 0 Å². The zero-order chi connectivity index (χ0) is 20.6. The molecular weight excluding hydrogens is 375 g/mol. The van der Waals surface area contributed by atoms with E-state index in [0.717, 1.165) is 23.4 Å². The molecule has 0 aliphatic carbocycles. The van der Waals surface area contributed by atoms with Crippen LogP contribution in [0.5, 0.6) is 5.75 Å². The average molecular weight is 397 g/mol. The van der Waals surface area contributed by atoms with Gasteiger partial charge in [0.15, 0.2) is 0 Å². The largest absolute Gasteiger partial charge is 0.497 e. The van der Waals surface area contributed by atoms with E-state index >= 15 is 0 Å². The minimum absolute atomic E-state index is 0.0118. The van der Waals surface area contributed by atoms with E-state index in [0.29, 0.717) is 12.2 Å². The van der Waals surface area contributed by atoms with Crippen LogP contribution in [0.3, 0.4) is 0 Å². The van der Waals surface area contributed by atoms with Gasteiger partial charge in [0, 0.05) is 6.54 Å². The van der Waals surface area contributed by atoms with Gasteiger partial charge < -0.3 is 19.9 Å². The molecule has 2 rings (SSSR count). The molecule has 0 aliphatic heterocycles. The first-order chi connectivity index (χ1) is 13.3. The van der Waals surface area contributed by atoms with Gasteiger partial charge in [0.05, 0.1) is 38.4 Å². The predicted octanol–water partition coefficient (Wildman–Crippen LogP) is 2.95. The Kier molecular flexibility index (Phi) is 7.83. The molecule has 2 aromatic rings. The summed E-state index contributed by atoms with van der Waals surface area (Å²) in [4.78, 5) is 11.9. The van der Waals surface area contributed by atoms with Crippen LogP contribution in [0, 0.1) is 0 Å². The number of ether oxygens (including phenoxy) is 2. The lowest BCUT2D eigenvalue weighted by atomic mass is 10.1. The summed E-state index contributed by atoms with van der Waals surface area (Å²) in [6, 6.07) is 11.7. The van der Waals surface area contributed by atoms with Crippen LogP contribution in [0.4, 0.5) is 13.2 Å². The monoisotopic (exact) mass is 397 g/mol. The molecule has 0 spiro atoms. The minimum atomic E-state index is -4.41. The van der Waals surface area contributed by atoms with E-state index in [1.807, 2.05) is 12.1 Å². The highest BCUT2D eigenvalue weighted by atomic mass is 19.4. The number of rotatable bonds is 9. The average Bonchev–Trinajstić information content (AvgIpc) is 2.66. The first-order valence-corrected chi connectivity index (χ1v) is 8.59. The van der Waals surface area contributed by atoms with Crippen molar-refractivity contribution < 1.29 is 32.5 Å². The van der Waals surface area contributed by atoms with Gasteiger partial charge in [0.2, 0.25) is 5.91 Å². The summed E-state index contributed by atoms with van der Waals surface area (Å²) >= 11 is 0. The molecule has 2 N–H and O–H groups in total. The standard InChI is InChI=1S/C20H22F3NO4/c1-27-18-8-4-15(5-9-18)12-28-13-17(25)11-24-19(26)10-14-2-6-16(7-3-14)20(21,22)23/h2-9,17,25H,10-13H2,1H3,(H,24,26). The third kappa shape index (κ3) is 7.21. The van der Waals surface area contributed by atoms with Crippen LogP contribution in [0.25, 0.3) is 0 Å². The number of carbonyl (C=O) groups excluding carboxylic acids is 1. The number of nitrogens with one attached hydrogen (secondary N) is 1. The summed E-state index contributed by atoms with van der Waals surface area (Å²) in [6.07, 6.45) is -5.37. The first-order valence-electron chi connectivity index (χ1n) is 8.59. The Bertz CT molecular complexity index is 746. The smallest absolute Gasteiger partial charge is 0.416 e. The molecule has 0 aromatic heterocycles. The van der Waals surface area contributed by atoms with Crippen molar-refractivity contribution in [3.63, 3.8) is 0 Å². The van der Waals surface area contributed by atoms with Crippen molar-refractivity contribution in [2.45, 2.75) is 25.3 Å². The first kappa shape index (κ1) is 21.7. The topological polar surface area (TPSA) is 67.8 Å². The summed E-state index contributed by atoms with van der Waals surface area (Å²) in [6.45, 7) is 0.329. The number of amides is 1. The number of benzene rings is 2. The molecule has 0 radical (unpaired) electrons. The van der Waals surface area contributed by atoms with Crippen molar-refractivity contribution in [3.8, 4) is 5.75 Å². The maximum atomic E-state index is 12.5. The molecule has 5 nitrogen and oxygen atoms in total. The molecule has 0 aliphatic rings. The maximum Gasteiger partial charge on any atom is 0.416 e. The highest BCUT2D eigenvalue weighted by Crippen LogP contribution is 2.29. The fourth-order valence-corrected chi connectivity index (χ4v) is 2.38. The van der Waals surface area contributed by atoms with Gasteiger partial charge in [0.1, 0.15) is 5.75 Å². The quantitative estimate of drug-likeness (QED) is 0.683. The Morgan fingerprint density at radius 1 is 1.07 bits per heavy atom. The molecule has 28 heavy (non-hydrogen) atoms. The lowest BCUT2D eigenvalue weighted by Gasteiger charge is -2.13. The van der Waals surface area contributed by atoms with Crippen molar-refractivity contribution in [3.05, 3.63) is 65.2 Å². The Labute approximate surface area is 161 Å². The van der Waals surface area contributed by atoms with E-state index in [2.05, 4.69) is 5.32 Å². The molecule has 0 saturated heterocycles. The highest BCUT2D eigenvalue weighted by Gasteiger charge is 2.29. The molecule has 1 atom stereocenters. The molecule has 0 saturated carbocycles. The molecular formula is C20H22F3NO4. The second-order valence-electron chi connectivity index (χ2n) is 6.19. The van der Waals surface area contributed by atoms with Crippen LogP contribution < -0.4 is 10.1 Å². The molecule has 8 heteroatoms. The third-order valence-electron chi connectivity index (χ3n) is 3.92. The van der Waals surface area contributed by atoms with E-state index in [9.17, 15) is 23.1 Å². The summed E-state index contributed by atoms with van der Waals surface area (Å²) in [5.41, 5.74) is 0.608. The lowest BCUT2D eigenvalue weighted by molar-refractivity contribution is -0.137. The van der Waals surface area contributed by atoms with Crippen LogP contribution in [0.15, 0.2) is 48.5 Å². The van der Waals surface area contributed by atoms with Crippen LogP contribution >= 0.6 is 0 Å². The van der Waals surface area contributed by atoms with Crippen molar-refractivity contribution in [1.82, 2.24) is 5.32 Å². The Morgan fingerprint density at radius 3 is 2.25 bits per heavy atom. The van der Waals surface area contributed by atoms with Gasteiger partial charge in [0.25, 0.3) is 0 Å². The molecule has 0 bridgehead atoms. The van der Waals surface area contributed by atoms with Crippen LogP contribution in [0.1, 0.15) is 16.7 Å². The number of hydrogen-bond donors (Lipinski definition) is 2. The number of methoxy groups -OCH3 is 1. The third-order valence-corrected chi connectivity index (χ3v) is 3.92. The SMILES string of the molecule is COc1ccc(COCC(O)CNC(=O)Cc2ccc(C(F)(F)F)cc2)cc1. The fourth-order valence-electron chi connectivity index (χ4n) is 2.38. The molecule has 0 fully saturated rings. The van der Waals surface area contributed by atoms with E-state index in [1.54, 1.807) is 19.2 Å². The molecule has 1 amide bonds. The normalized spacial score (nSPS) is 12.5. The zero-order valence-corrected chi connectivity index (χ0v) is 15.3. The highest BCUT2D eigenvalue weighted by molar-refractivity contribution is 5.78. The van der Waals surface area contributed by atoms with E-state index in [-0.39, 0.29) is 19.6 Å². The van der Waals surface area contributed by atoms with Gasteiger partial charge in [-0.25, -0.2) is 0 Å². The summed E-state index contributed by atoms with van der Waals surface area (Å²) < 4.78 is 48.0. The second kappa shape index (κ2) is 10.1. The minimum Gasteiger partial charge on any atom is -0.497 e. The number of aliphatic hydroxyl groups is 1. The molecule has 2 aromatic carbocycles. The van der Waals surface area contributed by atoms with Gasteiger partial charge in [-0.3, -0.25) is 4.79 Å². The van der Waals surface area contributed by atoms with Gasteiger partial charge >= 0.3 is 6.18 Å². The van der Waals surface area contributed by atoms with Crippen molar-refractivity contribution in [1.29, 1.82) is 0 Å². The van der Waals surface area contributed by atoms with E-state index in [4.69, 9.17) is 9.47 Å². The summed E-state index contributed by atoms with van der Waals surface area (Å²) in [7, 11) is 1.58. The van der Waals surface area contributed by atoms with Crippen molar-refractivity contribution in [2.75, 3.05) is 20.3 Å². The number of halogens is 3. The molecule has 152 valence electrons. The number of hydrogen-bond acceptors (Lipinski definition) is 4. The van der Waals surface area contributed by atoms with Gasteiger partial charge in [-0.2, -0.15) is 13.2 Å².